The lowest BCUT2D eigenvalue weighted by Crippen LogP contribution is -2.44. The Labute approximate surface area is 105 Å². The summed E-state index contributed by atoms with van der Waals surface area (Å²) in [5.74, 6) is 1.67. The van der Waals surface area contributed by atoms with Gasteiger partial charge in [0.25, 0.3) is 0 Å². The lowest BCUT2D eigenvalue weighted by molar-refractivity contribution is -0.150. The molecule has 0 amide bonds. The zero-order chi connectivity index (χ0) is 12.3. The van der Waals surface area contributed by atoms with Crippen molar-refractivity contribution < 1.29 is 9.53 Å². The molecule has 2 aliphatic carbocycles. The number of nitrogens with zero attached hydrogens (tertiary/aromatic N) is 1. The van der Waals surface area contributed by atoms with E-state index in [1.165, 1.54) is 25.7 Å². The summed E-state index contributed by atoms with van der Waals surface area (Å²) in [6.07, 6.45) is 6.26. The van der Waals surface area contributed by atoms with Crippen molar-refractivity contribution in [2.75, 3.05) is 19.7 Å². The van der Waals surface area contributed by atoms with Crippen LogP contribution in [0.25, 0.3) is 0 Å². The van der Waals surface area contributed by atoms with Gasteiger partial charge in [-0.3, -0.25) is 9.69 Å². The Kier molecular flexibility index (Phi) is 4.43. The first kappa shape index (κ1) is 12.9. The van der Waals surface area contributed by atoms with Gasteiger partial charge in [0.15, 0.2) is 0 Å². The second-order valence-corrected chi connectivity index (χ2v) is 5.52. The van der Waals surface area contributed by atoms with Gasteiger partial charge < -0.3 is 4.74 Å². The third-order valence-corrected chi connectivity index (χ3v) is 3.77. The van der Waals surface area contributed by atoms with Crippen molar-refractivity contribution in [1.29, 1.82) is 0 Å². The van der Waals surface area contributed by atoms with E-state index in [1.807, 2.05) is 6.92 Å². The molecule has 0 aromatic heterocycles. The largest absolute Gasteiger partial charge is 0.465 e. The molecule has 0 heterocycles. The summed E-state index contributed by atoms with van der Waals surface area (Å²) in [5.41, 5.74) is 0. The molecule has 2 aliphatic rings. The molecule has 1 unspecified atom stereocenters. The van der Waals surface area contributed by atoms with Crippen LogP contribution in [0.3, 0.4) is 0 Å². The fourth-order valence-corrected chi connectivity index (χ4v) is 2.41. The Morgan fingerprint density at radius 3 is 2.06 bits per heavy atom. The van der Waals surface area contributed by atoms with Gasteiger partial charge in [-0.15, -0.1) is 0 Å². The molecule has 98 valence electrons. The molecule has 1 atom stereocenters. The van der Waals surface area contributed by atoms with E-state index in [1.54, 1.807) is 0 Å². The highest BCUT2D eigenvalue weighted by molar-refractivity contribution is 5.75. The van der Waals surface area contributed by atoms with Crippen molar-refractivity contribution in [2.24, 2.45) is 11.8 Å². The van der Waals surface area contributed by atoms with E-state index in [2.05, 4.69) is 11.8 Å². The normalized spacial score (nSPS) is 21.6. The van der Waals surface area contributed by atoms with Crippen molar-refractivity contribution in [3.8, 4) is 0 Å². The summed E-state index contributed by atoms with van der Waals surface area (Å²) in [4.78, 5) is 14.4. The molecule has 2 rings (SSSR count). The summed E-state index contributed by atoms with van der Waals surface area (Å²) >= 11 is 0. The van der Waals surface area contributed by atoms with Gasteiger partial charge in [-0.1, -0.05) is 6.92 Å². The fraction of sp³-hybridized carbons (Fsp3) is 0.929. The van der Waals surface area contributed by atoms with Gasteiger partial charge in [0.2, 0.25) is 0 Å². The topological polar surface area (TPSA) is 29.5 Å². The highest BCUT2D eigenvalue weighted by Crippen LogP contribution is 2.34. The van der Waals surface area contributed by atoms with Gasteiger partial charge in [-0.05, 0) is 50.9 Å². The maximum Gasteiger partial charge on any atom is 0.323 e. The minimum atomic E-state index is -0.0173. The van der Waals surface area contributed by atoms with Crippen LogP contribution < -0.4 is 0 Å². The van der Waals surface area contributed by atoms with E-state index in [9.17, 15) is 4.79 Å². The molecule has 0 aromatic rings. The maximum atomic E-state index is 12.0. The Morgan fingerprint density at radius 1 is 1.18 bits per heavy atom. The van der Waals surface area contributed by atoms with E-state index in [0.29, 0.717) is 6.61 Å². The maximum absolute atomic E-state index is 12.0. The number of carbonyl (C=O) groups excluding carboxylic acids is 1. The molecule has 17 heavy (non-hydrogen) atoms. The van der Waals surface area contributed by atoms with Crippen LogP contribution in [0.2, 0.25) is 0 Å². The predicted octanol–water partition coefficient (Wildman–Crippen LogP) is 2.45. The Hall–Kier alpha value is -0.570. The first-order valence-corrected chi connectivity index (χ1v) is 7.15. The monoisotopic (exact) mass is 239 g/mol. The second-order valence-electron chi connectivity index (χ2n) is 5.52. The molecule has 2 saturated carbocycles. The van der Waals surface area contributed by atoms with E-state index in [0.717, 1.165) is 31.3 Å². The number of hydrogen-bond acceptors (Lipinski definition) is 3. The highest BCUT2D eigenvalue weighted by atomic mass is 16.5. The molecule has 0 N–H and O–H groups in total. The number of esters is 1. The first-order valence-electron chi connectivity index (χ1n) is 7.15. The number of ether oxygens (including phenoxy) is 1. The molecule has 0 radical (unpaired) electrons. The molecular weight excluding hydrogens is 214 g/mol. The van der Waals surface area contributed by atoms with Crippen LogP contribution >= 0.6 is 0 Å². The molecule has 0 spiro atoms. The number of rotatable bonds is 8. The summed E-state index contributed by atoms with van der Waals surface area (Å²) in [7, 11) is 0. The van der Waals surface area contributed by atoms with Gasteiger partial charge in [0.05, 0.1) is 6.61 Å². The minimum Gasteiger partial charge on any atom is -0.465 e. The van der Waals surface area contributed by atoms with Gasteiger partial charge in [0, 0.05) is 13.1 Å². The van der Waals surface area contributed by atoms with Crippen LogP contribution in [0.4, 0.5) is 0 Å². The summed E-state index contributed by atoms with van der Waals surface area (Å²) < 4.78 is 5.20. The summed E-state index contributed by atoms with van der Waals surface area (Å²) in [6.45, 7) is 6.68. The number of hydrogen-bond donors (Lipinski definition) is 0. The van der Waals surface area contributed by atoms with Crippen molar-refractivity contribution in [2.45, 2.75) is 52.0 Å². The van der Waals surface area contributed by atoms with Crippen LogP contribution in [-0.2, 0) is 9.53 Å². The molecule has 0 aliphatic heterocycles. The van der Waals surface area contributed by atoms with Crippen LogP contribution in [-0.4, -0.2) is 36.6 Å². The van der Waals surface area contributed by atoms with Crippen LogP contribution in [0.5, 0.6) is 0 Å². The van der Waals surface area contributed by atoms with Crippen molar-refractivity contribution in [3.05, 3.63) is 0 Å². The molecule has 0 bridgehead atoms. The number of carbonyl (C=O) groups is 1. The van der Waals surface area contributed by atoms with Gasteiger partial charge >= 0.3 is 5.97 Å². The Balaban J connectivity index is 1.90. The third kappa shape index (κ3) is 3.98. The quantitative estimate of drug-likeness (QED) is 0.609. The zero-order valence-electron chi connectivity index (χ0n) is 11.2. The van der Waals surface area contributed by atoms with Gasteiger partial charge in [-0.25, -0.2) is 0 Å². The lowest BCUT2D eigenvalue weighted by Gasteiger charge is -2.29. The van der Waals surface area contributed by atoms with Crippen LogP contribution in [0.1, 0.15) is 46.0 Å². The Morgan fingerprint density at radius 2 is 1.71 bits per heavy atom. The minimum absolute atomic E-state index is 0.00356. The Bertz CT molecular complexity index is 245. The predicted molar refractivity (Wildman–Crippen MR) is 67.7 cm³/mol. The summed E-state index contributed by atoms with van der Waals surface area (Å²) in [5, 5.41) is 0. The molecule has 3 nitrogen and oxygen atoms in total. The van der Waals surface area contributed by atoms with E-state index in [4.69, 9.17) is 4.74 Å². The standard InChI is InChI=1S/C14H25NO2/c1-3-13(14(16)17-4-2)15(9-11-5-6-11)10-12-7-8-12/h11-13H,3-10H2,1-2H3. The van der Waals surface area contributed by atoms with E-state index in [-0.39, 0.29) is 12.0 Å². The van der Waals surface area contributed by atoms with Crippen molar-refractivity contribution in [1.82, 2.24) is 4.90 Å². The van der Waals surface area contributed by atoms with Gasteiger partial charge in [0.1, 0.15) is 6.04 Å². The van der Waals surface area contributed by atoms with E-state index < -0.39 is 0 Å². The highest BCUT2D eigenvalue weighted by Gasteiger charge is 2.34. The average molecular weight is 239 g/mol. The van der Waals surface area contributed by atoms with Crippen molar-refractivity contribution in [3.63, 3.8) is 0 Å². The first-order chi connectivity index (χ1) is 8.24. The van der Waals surface area contributed by atoms with Gasteiger partial charge in [-0.2, -0.15) is 0 Å². The fourth-order valence-electron chi connectivity index (χ4n) is 2.41. The van der Waals surface area contributed by atoms with E-state index >= 15 is 0 Å². The molecular formula is C14H25NO2. The molecule has 2 fully saturated rings. The zero-order valence-corrected chi connectivity index (χ0v) is 11.2. The SMILES string of the molecule is CCOC(=O)C(CC)N(CC1CC1)CC1CC1. The van der Waals surface area contributed by atoms with Crippen LogP contribution in [0.15, 0.2) is 0 Å². The molecule has 0 aromatic carbocycles. The molecule has 0 saturated heterocycles. The van der Waals surface area contributed by atoms with Crippen LogP contribution in [0, 0.1) is 11.8 Å². The smallest absolute Gasteiger partial charge is 0.323 e. The second kappa shape index (κ2) is 5.85. The third-order valence-electron chi connectivity index (χ3n) is 3.77. The molecule has 3 heteroatoms. The van der Waals surface area contributed by atoms with Crippen molar-refractivity contribution >= 4 is 5.97 Å². The summed E-state index contributed by atoms with van der Waals surface area (Å²) in [6, 6.07) is -0.00356. The lowest BCUT2D eigenvalue weighted by atomic mass is 10.1. The average Bonchev–Trinajstić information content (AvgIpc) is 3.14.